The highest BCUT2D eigenvalue weighted by molar-refractivity contribution is 5.55. The molecule has 0 aromatic heterocycles. The Bertz CT molecular complexity index is 431. The molecule has 0 aliphatic carbocycles. The van der Waals surface area contributed by atoms with Crippen molar-refractivity contribution in [1.82, 2.24) is 5.32 Å². The molecule has 0 bridgehead atoms. The third-order valence-corrected chi connectivity index (χ3v) is 4.24. The first-order valence-electron chi connectivity index (χ1n) is 8.28. The van der Waals surface area contributed by atoms with Gasteiger partial charge in [0.1, 0.15) is 0 Å². The van der Waals surface area contributed by atoms with Crippen molar-refractivity contribution >= 4 is 5.69 Å². The first kappa shape index (κ1) is 16.3. The monoisotopic (exact) mass is 290 g/mol. The molecule has 2 rings (SSSR count). The number of hydrogen-bond donors (Lipinski definition) is 1. The number of piperidine rings is 1. The minimum Gasteiger partial charge on any atom is -0.384 e. The number of anilines is 1. The summed E-state index contributed by atoms with van der Waals surface area (Å²) in [6.07, 6.45) is 3.74. The van der Waals surface area contributed by atoms with Gasteiger partial charge in [0.15, 0.2) is 0 Å². The molecule has 3 nitrogen and oxygen atoms in total. The van der Waals surface area contributed by atoms with E-state index >= 15 is 0 Å². The number of nitrogens with zero attached hydrogens (tertiary/aromatic N) is 1. The van der Waals surface area contributed by atoms with Gasteiger partial charge in [-0.3, -0.25) is 0 Å². The zero-order valence-corrected chi connectivity index (χ0v) is 13.8. The zero-order valence-electron chi connectivity index (χ0n) is 13.8. The summed E-state index contributed by atoms with van der Waals surface area (Å²) in [6, 6.07) is 6.87. The molecule has 1 aromatic rings. The lowest BCUT2D eigenvalue weighted by Crippen LogP contribution is -2.37. The molecule has 3 heteroatoms. The van der Waals surface area contributed by atoms with E-state index in [0.29, 0.717) is 5.92 Å². The molecule has 118 valence electrons. The maximum atomic E-state index is 5.36. The van der Waals surface area contributed by atoms with Gasteiger partial charge < -0.3 is 15.0 Å². The Hall–Kier alpha value is -1.06. The number of hydrogen-bond acceptors (Lipinski definition) is 3. The van der Waals surface area contributed by atoms with E-state index in [9.17, 15) is 0 Å². The first-order chi connectivity index (χ1) is 10.2. The molecule has 1 unspecified atom stereocenters. The molecule has 0 radical (unpaired) electrons. The van der Waals surface area contributed by atoms with E-state index < -0.39 is 0 Å². The summed E-state index contributed by atoms with van der Waals surface area (Å²) >= 11 is 0. The lowest BCUT2D eigenvalue weighted by molar-refractivity contribution is 0.143. The van der Waals surface area contributed by atoms with Crippen molar-refractivity contribution in [2.24, 2.45) is 5.92 Å². The molecule has 0 saturated carbocycles. The molecule has 1 saturated heterocycles. The number of methoxy groups -OCH3 is 1. The second-order valence-electron chi connectivity index (χ2n) is 6.22. The van der Waals surface area contributed by atoms with E-state index in [0.717, 1.165) is 26.2 Å². The smallest absolute Gasteiger partial charge is 0.0507 e. The average molecular weight is 290 g/mol. The predicted molar refractivity (Wildman–Crippen MR) is 90.0 cm³/mol. The van der Waals surface area contributed by atoms with E-state index in [1.165, 1.54) is 42.6 Å². The minimum atomic E-state index is 0.668. The SMILES string of the molecule is CCCNCc1cc(C)ccc1N1CCCC(COC)C1. The Balaban J connectivity index is 2.09. The van der Waals surface area contributed by atoms with Crippen molar-refractivity contribution in [3.63, 3.8) is 0 Å². The van der Waals surface area contributed by atoms with Crippen LogP contribution in [-0.2, 0) is 11.3 Å². The Kier molecular flexibility index (Phi) is 6.52. The van der Waals surface area contributed by atoms with Crippen LogP contribution in [0.15, 0.2) is 18.2 Å². The second kappa shape index (κ2) is 8.40. The van der Waals surface area contributed by atoms with Crippen molar-refractivity contribution in [3.05, 3.63) is 29.3 Å². The van der Waals surface area contributed by atoms with Gasteiger partial charge in [0, 0.05) is 32.4 Å². The number of aryl methyl sites for hydroxylation is 1. The summed E-state index contributed by atoms with van der Waals surface area (Å²) in [5, 5.41) is 3.54. The Morgan fingerprint density at radius 1 is 1.38 bits per heavy atom. The molecule has 1 fully saturated rings. The molecule has 1 atom stereocenters. The lowest BCUT2D eigenvalue weighted by atomic mass is 9.97. The highest BCUT2D eigenvalue weighted by Crippen LogP contribution is 2.27. The highest BCUT2D eigenvalue weighted by atomic mass is 16.5. The molecule has 1 heterocycles. The van der Waals surface area contributed by atoms with Gasteiger partial charge in [-0.25, -0.2) is 0 Å². The normalized spacial score (nSPS) is 19.0. The van der Waals surface area contributed by atoms with Crippen molar-refractivity contribution < 1.29 is 4.74 Å². The van der Waals surface area contributed by atoms with Crippen molar-refractivity contribution in [2.75, 3.05) is 38.3 Å². The van der Waals surface area contributed by atoms with Crippen LogP contribution in [0.2, 0.25) is 0 Å². The van der Waals surface area contributed by atoms with Gasteiger partial charge in [-0.1, -0.05) is 24.6 Å². The van der Waals surface area contributed by atoms with Gasteiger partial charge in [0.05, 0.1) is 6.61 Å². The summed E-state index contributed by atoms with van der Waals surface area (Å²) in [4.78, 5) is 2.55. The summed E-state index contributed by atoms with van der Waals surface area (Å²) < 4.78 is 5.36. The maximum absolute atomic E-state index is 5.36. The largest absolute Gasteiger partial charge is 0.384 e. The summed E-state index contributed by atoms with van der Waals surface area (Å²) in [5.41, 5.74) is 4.18. The summed E-state index contributed by atoms with van der Waals surface area (Å²) in [7, 11) is 1.81. The Labute approximate surface area is 129 Å². The van der Waals surface area contributed by atoms with E-state index in [1.807, 2.05) is 7.11 Å². The van der Waals surface area contributed by atoms with Gasteiger partial charge in [-0.2, -0.15) is 0 Å². The quantitative estimate of drug-likeness (QED) is 0.779. The van der Waals surface area contributed by atoms with Crippen LogP contribution in [0.5, 0.6) is 0 Å². The number of benzene rings is 1. The van der Waals surface area contributed by atoms with Gasteiger partial charge in [0.25, 0.3) is 0 Å². The molecule has 1 aromatic carbocycles. The standard InChI is InChI=1S/C18H30N2O/c1-4-9-19-12-17-11-15(2)7-8-18(17)20-10-5-6-16(13-20)14-21-3/h7-8,11,16,19H,4-6,9-10,12-14H2,1-3H3. The second-order valence-corrected chi connectivity index (χ2v) is 6.22. The highest BCUT2D eigenvalue weighted by Gasteiger charge is 2.21. The summed E-state index contributed by atoms with van der Waals surface area (Å²) in [5.74, 6) is 0.668. The first-order valence-corrected chi connectivity index (χ1v) is 8.28. The van der Waals surface area contributed by atoms with Crippen molar-refractivity contribution in [2.45, 2.75) is 39.7 Å². The Morgan fingerprint density at radius 2 is 2.24 bits per heavy atom. The maximum Gasteiger partial charge on any atom is 0.0507 e. The van der Waals surface area contributed by atoms with Crippen molar-refractivity contribution in [1.29, 1.82) is 0 Å². The van der Waals surface area contributed by atoms with Crippen LogP contribution in [0, 0.1) is 12.8 Å². The average Bonchev–Trinajstić information content (AvgIpc) is 2.48. The van der Waals surface area contributed by atoms with Crippen LogP contribution in [0.1, 0.15) is 37.3 Å². The predicted octanol–water partition coefficient (Wildman–Crippen LogP) is 3.36. The molecule has 1 N–H and O–H groups in total. The number of ether oxygens (including phenoxy) is 1. The third-order valence-electron chi connectivity index (χ3n) is 4.24. The lowest BCUT2D eigenvalue weighted by Gasteiger charge is -2.35. The van der Waals surface area contributed by atoms with Crippen LogP contribution >= 0.6 is 0 Å². The van der Waals surface area contributed by atoms with Gasteiger partial charge >= 0.3 is 0 Å². The molecule has 21 heavy (non-hydrogen) atoms. The molecular weight excluding hydrogens is 260 g/mol. The van der Waals surface area contributed by atoms with Crippen molar-refractivity contribution in [3.8, 4) is 0 Å². The van der Waals surface area contributed by atoms with Gasteiger partial charge in [0.2, 0.25) is 0 Å². The van der Waals surface area contributed by atoms with Gasteiger partial charge in [-0.05, 0) is 50.3 Å². The van der Waals surface area contributed by atoms with Crippen LogP contribution in [-0.4, -0.2) is 33.4 Å². The minimum absolute atomic E-state index is 0.668. The fraction of sp³-hybridized carbons (Fsp3) is 0.667. The van der Waals surface area contributed by atoms with E-state index in [-0.39, 0.29) is 0 Å². The molecule has 1 aliphatic heterocycles. The van der Waals surface area contributed by atoms with Crippen LogP contribution < -0.4 is 10.2 Å². The zero-order chi connectivity index (χ0) is 15.1. The van der Waals surface area contributed by atoms with E-state index in [1.54, 1.807) is 0 Å². The molecule has 0 spiro atoms. The fourth-order valence-corrected chi connectivity index (χ4v) is 3.22. The molecule has 0 amide bonds. The molecular formula is C18H30N2O. The Morgan fingerprint density at radius 3 is 3.00 bits per heavy atom. The summed E-state index contributed by atoms with van der Waals surface area (Å²) in [6.45, 7) is 9.62. The van der Waals surface area contributed by atoms with Crippen LogP contribution in [0.4, 0.5) is 5.69 Å². The van der Waals surface area contributed by atoms with Crippen LogP contribution in [0.3, 0.4) is 0 Å². The van der Waals surface area contributed by atoms with E-state index in [4.69, 9.17) is 4.74 Å². The van der Waals surface area contributed by atoms with E-state index in [2.05, 4.69) is 42.3 Å². The molecule has 1 aliphatic rings. The van der Waals surface area contributed by atoms with Crippen LogP contribution in [0.25, 0.3) is 0 Å². The van der Waals surface area contributed by atoms with Gasteiger partial charge in [-0.15, -0.1) is 0 Å². The third kappa shape index (κ3) is 4.72. The topological polar surface area (TPSA) is 24.5 Å². The number of rotatable bonds is 7. The number of nitrogens with one attached hydrogen (secondary N) is 1. The fourth-order valence-electron chi connectivity index (χ4n) is 3.22.